The fourth-order valence-corrected chi connectivity index (χ4v) is 2.15. The molecular weight excluding hydrogens is 358 g/mol. The lowest BCUT2D eigenvalue weighted by atomic mass is 10.3. The molecule has 4 nitrogen and oxygen atoms in total. The van der Waals surface area contributed by atoms with Gasteiger partial charge in [-0.1, -0.05) is 23.2 Å². The molecule has 2 aromatic rings. The predicted octanol–water partition coefficient (Wildman–Crippen LogP) is 4.47. The van der Waals surface area contributed by atoms with E-state index in [-0.39, 0.29) is 10.8 Å². The molecule has 0 amide bonds. The molecule has 1 aromatic heterocycles. The van der Waals surface area contributed by atoms with Crippen LogP contribution in [0.25, 0.3) is 0 Å². The first kappa shape index (κ1) is 14.3. The SMILES string of the molecule is CNc1ncc(F)c(Nc2ccc(Br)c(Cl)c2Cl)n1. The van der Waals surface area contributed by atoms with Gasteiger partial charge in [0.05, 0.1) is 21.9 Å². The van der Waals surface area contributed by atoms with Gasteiger partial charge in [0.1, 0.15) is 0 Å². The highest BCUT2D eigenvalue weighted by molar-refractivity contribution is 9.10. The minimum atomic E-state index is -0.589. The van der Waals surface area contributed by atoms with Crippen molar-refractivity contribution in [2.45, 2.75) is 0 Å². The minimum Gasteiger partial charge on any atom is -0.357 e. The second-order valence-electron chi connectivity index (χ2n) is 3.49. The van der Waals surface area contributed by atoms with Gasteiger partial charge in [-0.2, -0.15) is 4.98 Å². The molecule has 0 aliphatic carbocycles. The van der Waals surface area contributed by atoms with Gasteiger partial charge in [-0.25, -0.2) is 9.37 Å². The van der Waals surface area contributed by atoms with Gasteiger partial charge in [-0.05, 0) is 28.1 Å². The molecule has 1 aromatic carbocycles. The fraction of sp³-hybridized carbons (Fsp3) is 0.0909. The quantitative estimate of drug-likeness (QED) is 0.788. The van der Waals surface area contributed by atoms with Crippen LogP contribution in [0.1, 0.15) is 0 Å². The van der Waals surface area contributed by atoms with Gasteiger partial charge in [0.15, 0.2) is 11.6 Å². The Morgan fingerprint density at radius 3 is 2.68 bits per heavy atom. The van der Waals surface area contributed by atoms with E-state index in [1.165, 1.54) is 0 Å². The highest BCUT2D eigenvalue weighted by atomic mass is 79.9. The van der Waals surface area contributed by atoms with E-state index in [4.69, 9.17) is 23.2 Å². The molecule has 0 radical (unpaired) electrons. The van der Waals surface area contributed by atoms with Gasteiger partial charge in [0.25, 0.3) is 0 Å². The molecule has 0 aliphatic heterocycles. The molecule has 2 rings (SSSR count). The number of benzene rings is 1. The largest absolute Gasteiger partial charge is 0.357 e. The van der Waals surface area contributed by atoms with Crippen LogP contribution in [-0.4, -0.2) is 17.0 Å². The Kier molecular flexibility index (Phi) is 4.44. The predicted molar refractivity (Wildman–Crippen MR) is 79.0 cm³/mol. The van der Waals surface area contributed by atoms with E-state index in [1.807, 2.05) is 0 Å². The highest BCUT2D eigenvalue weighted by Crippen LogP contribution is 2.37. The van der Waals surface area contributed by atoms with E-state index in [1.54, 1.807) is 19.2 Å². The molecule has 0 saturated carbocycles. The van der Waals surface area contributed by atoms with Gasteiger partial charge in [0, 0.05) is 11.5 Å². The second kappa shape index (κ2) is 5.90. The van der Waals surface area contributed by atoms with Crippen molar-refractivity contribution in [3.8, 4) is 0 Å². The van der Waals surface area contributed by atoms with Crippen LogP contribution in [0.3, 0.4) is 0 Å². The number of aromatic nitrogens is 2. The summed E-state index contributed by atoms with van der Waals surface area (Å²) in [5.74, 6) is -0.281. The van der Waals surface area contributed by atoms with Crippen LogP contribution in [0.5, 0.6) is 0 Å². The molecule has 1 heterocycles. The van der Waals surface area contributed by atoms with Crippen LogP contribution in [0, 0.1) is 5.82 Å². The fourth-order valence-electron chi connectivity index (χ4n) is 1.33. The Morgan fingerprint density at radius 2 is 2.00 bits per heavy atom. The zero-order valence-electron chi connectivity index (χ0n) is 9.64. The number of hydrogen-bond acceptors (Lipinski definition) is 4. The molecule has 0 saturated heterocycles. The Hall–Kier alpha value is -1.11. The number of halogens is 4. The topological polar surface area (TPSA) is 49.8 Å². The first-order chi connectivity index (χ1) is 9.02. The van der Waals surface area contributed by atoms with E-state index in [9.17, 15) is 4.39 Å². The minimum absolute atomic E-state index is 0.0136. The van der Waals surface area contributed by atoms with Gasteiger partial charge < -0.3 is 10.6 Å². The van der Waals surface area contributed by atoms with E-state index in [2.05, 4.69) is 36.5 Å². The summed E-state index contributed by atoms with van der Waals surface area (Å²) in [6.07, 6.45) is 1.07. The molecule has 0 fully saturated rings. The molecule has 0 spiro atoms. The van der Waals surface area contributed by atoms with Crippen LogP contribution >= 0.6 is 39.1 Å². The molecule has 2 N–H and O–H groups in total. The molecule has 19 heavy (non-hydrogen) atoms. The zero-order chi connectivity index (χ0) is 14.0. The van der Waals surface area contributed by atoms with E-state index in [0.29, 0.717) is 21.1 Å². The third kappa shape index (κ3) is 3.08. The summed E-state index contributed by atoms with van der Waals surface area (Å²) in [6, 6.07) is 3.37. The standard InChI is InChI=1S/C11H8BrCl2FN4/c1-16-11-17-4-6(15)10(19-11)18-7-3-2-5(12)8(13)9(7)14/h2-4H,1H3,(H2,16,17,18,19). The van der Waals surface area contributed by atoms with Crippen molar-refractivity contribution in [2.24, 2.45) is 0 Å². The van der Waals surface area contributed by atoms with Crippen LogP contribution in [-0.2, 0) is 0 Å². The molecule has 0 unspecified atom stereocenters. The molecule has 0 atom stereocenters. The molecule has 100 valence electrons. The van der Waals surface area contributed by atoms with Crippen LogP contribution in [0.4, 0.5) is 21.8 Å². The van der Waals surface area contributed by atoms with E-state index in [0.717, 1.165) is 6.20 Å². The lowest BCUT2D eigenvalue weighted by molar-refractivity contribution is 0.619. The van der Waals surface area contributed by atoms with Gasteiger partial charge in [-0.3, -0.25) is 0 Å². The summed E-state index contributed by atoms with van der Waals surface area (Å²) in [7, 11) is 1.64. The third-order valence-corrected chi connectivity index (χ3v) is 4.03. The lowest BCUT2D eigenvalue weighted by Gasteiger charge is -2.11. The summed E-state index contributed by atoms with van der Waals surface area (Å²) in [4.78, 5) is 7.71. The number of rotatable bonds is 3. The molecule has 0 aliphatic rings. The number of anilines is 3. The van der Waals surface area contributed by atoms with Crippen molar-refractivity contribution in [2.75, 3.05) is 17.7 Å². The number of hydrogen-bond donors (Lipinski definition) is 2. The van der Waals surface area contributed by atoms with Gasteiger partial charge >= 0.3 is 0 Å². The summed E-state index contributed by atoms with van der Waals surface area (Å²) >= 11 is 15.3. The number of nitrogens with one attached hydrogen (secondary N) is 2. The summed E-state index contributed by atoms with van der Waals surface area (Å²) < 4.78 is 14.3. The first-order valence-corrected chi connectivity index (χ1v) is 6.68. The number of nitrogens with zero attached hydrogens (tertiary/aromatic N) is 2. The van der Waals surface area contributed by atoms with Crippen LogP contribution < -0.4 is 10.6 Å². The van der Waals surface area contributed by atoms with Crippen LogP contribution in [0.15, 0.2) is 22.8 Å². The third-order valence-electron chi connectivity index (χ3n) is 2.26. The normalized spacial score (nSPS) is 10.4. The smallest absolute Gasteiger partial charge is 0.224 e. The van der Waals surface area contributed by atoms with Gasteiger partial charge in [0.2, 0.25) is 5.95 Å². The van der Waals surface area contributed by atoms with E-state index < -0.39 is 5.82 Å². The Balaban J connectivity index is 2.39. The highest BCUT2D eigenvalue weighted by Gasteiger charge is 2.12. The molecule has 0 bridgehead atoms. The maximum Gasteiger partial charge on any atom is 0.224 e. The van der Waals surface area contributed by atoms with Crippen LogP contribution in [0.2, 0.25) is 10.0 Å². The maximum absolute atomic E-state index is 13.6. The lowest BCUT2D eigenvalue weighted by Crippen LogP contribution is -2.03. The second-order valence-corrected chi connectivity index (χ2v) is 5.10. The Labute approximate surface area is 127 Å². The molecule has 8 heteroatoms. The molecular formula is C11H8BrCl2FN4. The van der Waals surface area contributed by atoms with Gasteiger partial charge in [-0.15, -0.1) is 0 Å². The maximum atomic E-state index is 13.6. The Morgan fingerprint density at radius 1 is 1.26 bits per heavy atom. The van der Waals surface area contributed by atoms with Crippen molar-refractivity contribution in [3.63, 3.8) is 0 Å². The van der Waals surface area contributed by atoms with Crippen molar-refractivity contribution in [1.82, 2.24) is 9.97 Å². The summed E-state index contributed by atoms with van der Waals surface area (Å²) in [5.41, 5.74) is 0.453. The first-order valence-electron chi connectivity index (χ1n) is 5.13. The average Bonchev–Trinajstić information content (AvgIpc) is 2.41. The van der Waals surface area contributed by atoms with Crippen molar-refractivity contribution >= 4 is 56.6 Å². The zero-order valence-corrected chi connectivity index (χ0v) is 12.7. The van der Waals surface area contributed by atoms with Crippen molar-refractivity contribution in [3.05, 3.63) is 38.7 Å². The van der Waals surface area contributed by atoms with E-state index >= 15 is 0 Å². The van der Waals surface area contributed by atoms with Crippen molar-refractivity contribution in [1.29, 1.82) is 0 Å². The average molecular weight is 366 g/mol. The van der Waals surface area contributed by atoms with Crippen molar-refractivity contribution < 1.29 is 4.39 Å². The monoisotopic (exact) mass is 364 g/mol. The Bertz CT molecular complexity index is 624. The summed E-state index contributed by atoms with van der Waals surface area (Å²) in [5, 5.41) is 6.12. The summed E-state index contributed by atoms with van der Waals surface area (Å²) in [6.45, 7) is 0.